The Labute approximate surface area is 70.8 Å². The first-order chi connectivity index (χ1) is 5.20. The molecule has 11 heavy (non-hydrogen) atoms. The molecule has 2 heteroatoms. The summed E-state index contributed by atoms with van der Waals surface area (Å²) in [5.41, 5.74) is 1.16. The van der Waals surface area contributed by atoms with Crippen molar-refractivity contribution in [1.82, 2.24) is 0 Å². The van der Waals surface area contributed by atoms with Gasteiger partial charge in [0.15, 0.2) is 5.12 Å². The van der Waals surface area contributed by atoms with Gasteiger partial charge in [-0.1, -0.05) is 30.0 Å². The highest BCUT2D eigenvalue weighted by Gasteiger charge is 1.99. The molecule has 0 amide bonds. The molecule has 0 radical (unpaired) electrons. The minimum Gasteiger partial charge on any atom is -0.287 e. The highest BCUT2D eigenvalue weighted by Crippen LogP contribution is 2.21. The van der Waals surface area contributed by atoms with Gasteiger partial charge in [-0.2, -0.15) is 0 Å². The van der Waals surface area contributed by atoms with Gasteiger partial charge in [0.2, 0.25) is 0 Å². The van der Waals surface area contributed by atoms with Crippen molar-refractivity contribution in [2.24, 2.45) is 0 Å². The second kappa shape index (κ2) is 3.58. The topological polar surface area (TPSA) is 17.1 Å². The zero-order valence-corrected chi connectivity index (χ0v) is 7.44. The molecule has 0 saturated carbocycles. The molecular formula is C9H10OS. The van der Waals surface area contributed by atoms with E-state index in [9.17, 15) is 4.79 Å². The number of hydrogen-bond acceptors (Lipinski definition) is 2. The summed E-state index contributed by atoms with van der Waals surface area (Å²) in [5, 5.41) is 0.138. The summed E-state index contributed by atoms with van der Waals surface area (Å²) >= 11 is 1.29. The standard InChI is InChI=1S/C9H10OS/c1-7-5-3-4-6-9(7)11-8(2)10/h3-6H,1-2H3. The van der Waals surface area contributed by atoms with Crippen LogP contribution in [0.1, 0.15) is 12.5 Å². The Hall–Kier alpha value is -0.760. The molecule has 0 atom stereocenters. The minimum atomic E-state index is 0.138. The van der Waals surface area contributed by atoms with Crippen LogP contribution in [0.4, 0.5) is 0 Å². The lowest BCUT2D eigenvalue weighted by Gasteiger charge is -1.99. The molecule has 0 aromatic heterocycles. The van der Waals surface area contributed by atoms with Crippen molar-refractivity contribution in [3.05, 3.63) is 29.8 Å². The highest BCUT2D eigenvalue weighted by molar-refractivity contribution is 8.13. The van der Waals surface area contributed by atoms with Crippen molar-refractivity contribution in [3.8, 4) is 0 Å². The number of benzene rings is 1. The molecule has 0 aliphatic rings. The minimum absolute atomic E-state index is 0.138. The fraction of sp³-hybridized carbons (Fsp3) is 0.222. The fourth-order valence-corrected chi connectivity index (χ4v) is 1.51. The molecule has 0 unspecified atom stereocenters. The molecule has 0 saturated heterocycles. The van der Waals surface area contributed by atoms with E-state index in [1.54, 1.807) is 6.92 Å². The summed E-state index contributed by atoms with van der Waals surface area (Å²) in [6.45, 7) is 3.59. The number of carbonyl (C=O) groups excluding carboxylic acids is 1. The molecule has 0 fully saturated rings. The average Bonchev–Trinajstić information content (AvgIpc) is 1.93. The Morgan fingerprint density at radius 2 is 2.00 bits per heavy atom. The van der Waals surface area contributed by atoms with Crippen molar-refractivity contribution >= 4 is 16.9 Å². The lowest BCUT2D eigenvalue weighted by molar-refractivity contribution is -0.109. The van der Waals surface area contributed by atoms with Gasteiger partial charge in [-0.15, -0.1) is 0 Å². The zero-order valence-electron chi connectivity index (χ0n) is 6.63. The summed E-state index contributed by atoms with van der Waals surface area (Å²) < 4.78 is 0. The first-order valence-corrected chi connectivity index (χ1v) is 4.26. The third-order valence-electron chi connectivity index (χ3n) is 1.35. The molecule has 0 aliphatic heterocycles. The zero-order chi connectivity index (χ0) is 8.27. The normalized spacial score (nSPS) is 9.64. The van der Waals surface area contributed by atoms with Gasteiger partial charge in [-0.05, 0) is 18.6 Å². The second-order valence-electron chi connectivity index (χ2n) is 2.36. The number of aryl methyl sites for hydroxylation is 1. The van der Waals surface area contributed by atoms with E-state index in [0.29, 0.717) is 0 Å². The Kier molecular flexibility index (Phi) is 2.71. The molecule has 1 nitrogen and oxygen atoms in total. The maximum atomic E-state index is 10.7. The SMILES string of the molecule is CC(=O)Sc1ccccc1C. The molecule has 0 spiro atoms. The molecule has 1 aromatic carbocycles. The molecule has 0 N–H and O–H groups in total. The molecule has 0 bridgehead atoms. The summed E-state index contributed by atoms with van der Waals surface area (Å²) in [6.07, 6.45) is 0. The number of rotatable bonds is 1. The van der Waals surface area contributed by atoms with Crippen molar-refractivity contribution < 1.29 is 4.79 Å². The average molecular weight is 166 g/mol. The third-order valence-corrected chi connectivity index (χ3v) is 2.31. The van der Waals surface area contributed by atoms with Crippen LogP contribution in [-0.2, 0) is 4.79 Å². The number of thioether (sulfide) groups is 1. The van der Waals surface area contributed by atoms with Crippen LogP contribution in [0.15, 0.2) is 29.2 Å². The maximum absolute atomic E-state index is 10.7. The monoisotopic (exact) mass is 166 g/mol. The van der Waals surface area contributed by atoms with Crippen LogP contribution in [0.5, 0.6) is 0 Å². The van der Waals surface area contributed by atoms with Crippen LogP contribution in [-0.4, -0.2) is 5.12 Å². The van der Waals surface area contributed by atoms with Gasteiger partial charge in [0.05, 0.1) is 0 Å². The van der Waals surface area contributed by atoms with Gasteiger partial charge in [-0.3, -0.25) is 4.79 Å². The molecule has 0 aliphatic carbocycles. The third kappa shape index (κ3) is 2.39. The Bertz CT molecular complexity index is 268. The van der Waals surface area contributed by atoms with Gasteiger partial charge in [0.25, 0.3) is 0 Å². The predicted molar refractivity (Wildman–Crippen MR) is 47.7 cm³/mol. The van der Waals surface area contributed by atoms with E-state index >= 15 is 0 Å². The summed E-state index contributed by atoms with van der Waals surface area (Å²) in [7, 11) is 0. The van der Waals surface area contributed by atoms with Crippen LogP contribution in [0, 0.1) is 6.92 Å². The Balaban J connectivity index is 2.86. The van der Waals surface area contributed by atoms with Crippen molar-refractivity contribution in [1.29, 1.82) is 0 Å². The van der Waals surface area contributed by atoms with E-state index in [4.69, 9.17) is 0 Å². The Morgan fingerprint density at radius 1 is 1.36 bits per heavy atom. The maximum Gasteiger partial charge on any atom is 0.190 e. The van der Waals surface area contributed by atoms with Crippen LogP contribution >= 0.6 is 11.8 Å². The first kappa shape index (κ1) is 8.34. The van der Waals surface area contributed by atoms with Gasteiger partial charge in [0.1, 0.15) is 0 Å². The van der Waals surface area contributed by atoms with E-state index < -0.39 is 0 Å². The van der Waals surface area contributed by atoms with Gasteiger partial charge in [0, 0.05) is 11.8 Å². The molecule has 0 heterocycles. The Morgan fingerprint density at radius 3 is 2.55 bits per heavy atom. The fourth-order valence-electron chi connectivity index (χ4n) is 0.826. The lowest BCUT2D eigenvalue weighted by Crippen LogP contribution is -1.83. The summed E-state index contributed by atoms with van der Waals surface area (Å²) in [5.74, 6) is 0. The highest BCUT2D eigenvalue weighted by atomic mass is 32.2. The van der Waals surface area contributed by atoms with Gasteiger partial charge in [-0.25, -0.2) is 0 Å². The van der Waals surface area contributed by atoms with E-state index in [-0.39, 0.29) is 5.12 Å². The summed E-state index contributed by atoms with van der Waals surface area (Å²) in [6, 6.07) is 7.88. The van der Waals surface area contributed by atoms with Crippen LogP contribution < -0.4 is 0 Å². The number of carbonyl (C=O) groups is 1. The molecule has 1 rings (SSSR count). The van der Waals surface area contributed by atoms with Gasteiger partial charge < -0.3 is 0 Å². The quantitative estimate of drug-likeness (QED) is 0.596. The number of hydrogen-bond donors (Lipinski definition) is 0. The molecule has 1 aromatic rings. The van der Waals surface area contributed by atoms with Crippen molar-refractivity contribution in [2.75, 3.05) is 0 Å². The first-order valence-electron chi connectivity index (χ1n) is 3.44. The van der Waals surface area contributed by atoms with Crippen molar-refractivity contribution in [3.63, 3.8) is 0 Å². The lowest BCUT2D eigenvalue weighted by atomic mass is 10.2. The van der Waals surface area contributed by atoms with Crippen molar-refractivity contribution in [2.45, 2.75) is 18.7 Å². The summed E-state index contributed by atoms with van der Waals surface area (Å²) in [4.78, 5) is 11.8. The van der Waals surface area contributed by atoms with E-state index in [2.05, 4.69) is 0 Å². The van der Waals surface area contributed by atoms with Crippen LogP contribution in [0.3, 0.4) is 0 Å². The van der Waals surface area contributed by atoms with E-state index in [1.165, 1.54) is 11.8 Å². The van der Waals surface area contributed by atoms with E-state index in [1.807, 2.05) is 31.2 Å². The largest absolute Gasteiger partial charge is 0.287 e. The smallest absolute Gasteiger partial charge is 0.190 e. The van der Waals surface area contributed by atoms with E-state index in [0.717, 1.165) is 10.5 Å². The molecule has 58 valence electrons. The molecular weight excluding hydrogens is 156 g/mol. The van der Waals surface area contributed by atoms with Crippen LogP contribution in [0.25, 0.3) is 0 Å². The van der Waals surface area contributed by atoms with Crippen LogP contribution in [0.2, 0.25) is 0 Å². The van der Waals surface area contributed by atoms with Gasteiger partial charge >= 0.3 is 0 Å². The predicted octanol–water partition coefficient (Wildman–Crippen LogP) is 2.63. The second-order valence-corrected chi connectivity index (χ2v) is 3.58.